The maximum absolute atomic E-state index is 11.3. The Morgan fingerprint density at radius 3 is 2.53 bits per heavy atom. The van der Waals surface area contributed by atoms with E-state index in [1.54, 1.807) is 7.11 Å². The minimum absolute atomic E-state index is 0.0127. The maximum Gasteiger partial charge on any atom is 0.303 e. The molecule has 0 rings (SSSR count). The highest BCUT2D eigenvalue weighted by Gasteiger charge is 2.11. The Morgan fingerprint density at radius 2 is 2.07 bits per heavy atom. The molecule has 88 valence electrons. The molecule has 0 heterocycles. The van der Waals surface area contributed by atoms with Crippen LogP contribution in [0.5, 0.6) is 0 Å². The van der Waals surface area contributed by atoms with Gasteiger partial charge in [-0.2, -0.15) is 0 Å². The van der Waals surface area contributed by atoms with Gasteiger partial charge in [0.05, 0.1) is 19.1 Å². The molecule has 0 aromatic carbocycles. The van der Waals surface area contributed by atoms with Gasteiger partial charge >= 0.3 is 5.97 Å². The highest BCUT2D eigenvalue weighted by atomic mass is 16.5. The molecule has 1 amide bonds. The number of rotatable bonds is 8. The summed E-state index contributed by atoms with van der Waals surface area (Å²) in [5.74, 6) is -1.18. The molecule has 0 bridgehead atoms. The van der Waals surface area contributed by atoms with Crippen LogP contribution in [-0.2, 0) is 14.3 Å². The van der Waals surface area contributed by atoms with E-state index in [1.807, 2.05) is 6.92 Å². The smallest absolute Gasteiger partial charge is 0.303 e. The largest absolute Gasteiger partial charge is 0.481 e. The first-order chi connectivity index (χ1) is 7.10. The Balaban J connectivity index is 3.82. The summed E-state index contributed by atoms with van der Waals surface area (Å²) in [6, 6.07) is -0.0127. The molecule has 5 heteroatoms. The van der Waals surface area contributed by atoms with Crippen LogP contribution in [0.25, 0.3) is 0 Å². The highest BCUT2D eigenvalue weighted by molar-refractivity contribution is 5.80. The second kappa shape index (κ2) is 8.23. The number of methoxy groups -OCH3 is 1. The number of hydrogen-bond acceptors (Lipinski definition) is 3. The van der Waals surface area contributed by atoms with E-state index in [9.17, 15) is 9.59 Å². The Morgan fingerprint density at radius 1 is 1.40 bits per heavy atom. The van der Waals surface area contributed by atoms with E-state index in [4.69, 9.17) is 9.84 Å². The number of hydrogen-bond donors (Lipinski definition) is 2. The van der Waals surface area contributed by atoms with Gasteiger partial charge in [-0.15, -0.1) is 0 Å². The van der Waals surface area contributed by atoms with Gasteiger partial charge in [-0.3, -0.25) is 9.59 Å². The number of carboxylic acids is 1. The second-order valence-electron chi connectivity index (χ2n) is 3.40. The van der Waals surface area contributed by atoms with E-state index in [-0.39, 0.29) is 24.8 Å². The van der Waals surface area contributed by atoms with Gasteiger partial charge in [0, 0.05) is 13.5 Å². The molecule has 0 aromatic heterocycles. The lowest BCUT2D eigenvalue weighted by Gasteiger charge is -2.16. The van der Waals surface area contributed by atoms with Crippen LogP contribution in [0.2, 0.25) is 0 Å². The van der Waals surface area contributed by atoms with Gasteiger partial charge in [-0.25, -0.2) is 0 Å². The zero-order chi connectivity index (χ0) is 11.7. The minimum Gasteiger partial charge on any atom is -0.481 e. The SMILES string of the molecule is CCCC(COC)NC(=O)CCC(=O)O. The summed E-state index contributed by atoms with van der Waals surface area (Å²) in [4.78, 5) is 21.5. The van der Waals surface area contributed by atoms with Crippen molar-refractivity contribution in [2.24, 2.45) is 0 Å². The average molecular weight is 217 g/mol. The van der Waals surface area contributed by atoms with Crippen molar-refractivity contribution in [3.8, 4) is 0 Å². The third kappa shape index (κ3) is 7.93. The topological polar surface area (TPSA) is 75.6 Å². The van der Waals surface area contributed by atoms with Gasteiger partial charge in [-0.05, 0) is 6.42 Å². The molecule has 0 saturated heterocycles. The van der Waals surface area contributed by atoms with Crippen LogP contribution in [0.4, 0.5) is 0 Å². The molecule has 0 aliphatic heterocycles. The molecule has 1 atom stereocenters. The second-order valence-corrected chi connectivity index (χ2v) is 3.40. The molecule has 0 aromatic rings. The van der Waals surface area contributed by atoms with Crippen molar-refractivity contribution in [2.75, 3.05) is 13.7 Å². The fourth-order valence-electron chi connectivity index (χ4n) is 1.27. The van der Waals surface area contributed by atoms with Crippen molar-refractivity contribution >= 4 is 11.9 Å². The zero-order valence-electron chi connectivity index (χ0n) is 9.28. The van der Waals surface area contributed by atoms with Crippen molar-refractivity contribution in [3.63, 3.8) is 0 Å². The molecule has 0 radical (unpaired) electrons. The fraction of sp³-hybridized carbons (Fsp3) is 0.800. The molecule has 0 saturated carbocycles. The highest BCUT2D eigenvalue weighted by Crippen LogP contribution is 1.98. The molecular formula is C10H19NO4. The first-order valence-electron chi connectivity index (χ1n) is 5.10. The molecule has 0 aliphatic rings. The lowest BCUT2D eigenvalue weighted by atomic mass is 10.1. The quantitative estimate of drug-likeness (QED) is 0.630. The number of nitrogens with one attached hydrogen (secondary N) is 1. The fourth-order valence-corrected chi connectivity index (χ4v) is 1.27. The summed E-state index contributed by atoms with van der Waals surface area (Å²) in [7, 11) is 1.58. The van der Waals surface area contributed by atoms with Crippen molar-refractivity contribution < 1.29 is 19.4 Å². The number of carboxylic acid groups (broad SMARTS) is 1. The van der Waals surface area contributed by atoms with Crippen LogP contribution in [-0.4, -0.2) is 36.7 Å². The van der Waals surface area contributed by atoms with E-state index < -0.39 is 5.97 Å². The molecule has 15 heavy (non-hydrogen) atoms. The summed E-state index contributed by atoms with van der Waals surface area (Å²) < 4.78 is 4.95. The van der Waals surface area contributed by atoms with E-state index in [1.165, 1.54) is 0 Å². The monoisotopic (exact) mass is 217 g/mol. The van der Waals surface area contributed by atoms with E-state index >= 15 is 0 Å². The molecular weight excluding hydrogens is 198 g/mol. The normalized spacial score (nSPS) is 12.1. The van der Waals surface area contributed by atoms with Gasteiger partial charge in [0.1, 0.15) is 0 Å². The Hall–Kier alpha value is -1.10. The van der Waals surface area contributed by atoms with Gasteiger partial charge < -0.3 is 15.2 Å². The third-order valence-corrected chi connectivity index (χ3v) is 1.94. The van der Waals surface area contributed by atoms with E-state index in [0.717, 1.165) is 12.8 Å². The predicted molar refractivity (Wildman–Crippen MR) is 55.6 cm³/mol. The molecule has 0 spiro atoms. The number of aliphatic carboxylic acids is 1. The first kappa shape index (κ1) is 13.9. The summed E-state index contributed by atoms with van der Waals surface area (Å²) in [5, 5.41) is 11.1. The van der Waals surface area contributed by atoms with Crippen LogP contribution in [0.3, 0.4) is 0 Å². The predicted octanol–water partition coefficient (Wildman–Crippen LogP) is 0.782. The number of ether oxygens (including phenoxy) is 1. The van der Waals surface area contributed by atoms with E-state index in [0.29, 0.717) is 6.61 Å². The van der Waals surface area contributed by atoms with Gasteiger partial charge in [-0.1, -0.05) is 13.3 Å². The van der Waals surface area contributed by atoms with Crippen molar-refractivity contribution in [1.29, 1.82) is 0 Å². The molecule has 2 N–H and O–H groups in total. The van der Waals surface area contributed by atoms with Crippen LogP contribution < -0.4 is 5.32 Å². The number of amides is 1. The van der Waals surface area contributed by atoms with Gasteiger partial charge in [0.15, 0.2) is 0 Å². The molecule has 1 unspecified atom stereocenters. The summed E-state index contributed by atoms with van der Waals surface area (Å²) in [6.45, 7) is 2.48. The van der Waals surface area contributed by atoms with Crippen LogP contribution in [0, 0.1) is 0 Å². The minimum atomic E-state index is -0.955. The van der Waals surface area contributed by atoms with Crippen LogP contribution >= 0.6 is 0 Å². The van der Waals surface area contributed by atoms with Crippen molar-refractivity contribution in [2.45, 2.75) is 38.6 Å². The number of carbonyl (C=O) groups excluding carboxylic acids is 1. The van der Waals surface area contributed by atoms with Crippen molar-refractivity contribution in [3.05, 3.63) is 0 Å². The Kier molecular flexibility index (Phi) is 7.62. The van der Waals surface area contributed by atoms with Crippen LogP contribution in [0.1, 0.15) is 32.6 Å². The lowest BCUT2D eigenvalue weighted by Crippen LogP contribution is -2.38. The third-order valence-electron chi connectivity index (χ3n) is 1.94. The van der Waals surface area contributed by atoms with Crippen LogP contribution in [0.15, 0.2) is 0 Å². The average Bonchev–Trinajstić information content (AvgIpc) is 2.15. The summed E-state index contributed by atoms with van der Waals surface area (Å²) in [5.41, 5.74) is 0. The number of carbonyl (C=O) groups is 2. The molecule has 0 aliphatic carbocycles. The zero-order valence-corrected chi connectivity index (χ0v) is 9.28. The Bertz CT molecular complexity index is 200. The van der Waals surface area contributed by atoms with Gasteiger partial charge in [0.25, 0.3) is 0 Å². The summed E-state index contributed by atoms with van der Waals surface area (Å²) in [6.07, 6.45) is 1.69. The first-order valence-corrected chi connectivity index (χ1v) is 5.10. The Labute approximate surface area is 89.8 Å². The van der Waals surface area contributed by atoms with Gasteiger partial charge in [0.2, 0.25) is 5.91 Å². The van der Waals surface area contributed by atoms with E-state index in [2.05, 4.69) is 5.32 Å². The van der Waals surface area contributed by atoms with Crippen molar-refractivity contribution in [1.82, 2.24) is 5.32 Å². The maximum atomic E-state index is 11.3. The molecule has 5 nitrogen and oxygen atoms in total. The molecule has 0 fully saturated rings. The summed E-state index contributed by atoms with van der Waals surface area (Å²) >= 11 is 0. The standard InChI is InChI=1S/C10H19NO4/c1-3-4-8(7-15-2)11-9(12)5-6-10(13)14/h8H,3-7H2,1-2H3,(H,11,12)(H,13,14). The lowest BCUT2D eigenvalue weighted by molar-refractivity contribution is -0.139.